The number of fused-ring (bicyclic) bond motifs is 1. The quantitative estimate of drug-likeness (QED) is 0.330. The van der Waals surface area contributed by atoms with Crippen molar-refractivity contribution in [2.24, 2.45) is 0 Å². The number of carbonyl (C=O) groups excluding carboxylic acids is 6. The second-order valence-electron chi connectivity index (χ2n) is 5.05. The van der Waals surface area contributed by atoms with Crippen LogP contribution in [0.3, 0.4) is 0 Å². The highest BCUT2D eigenvalue weighted by atomic mass is 16.6. The summed E-state index contributed by atoms with van der Waals surface area (Å²) in [6, 6.07) is 2.24. The molecule has 0 N–H and O–H groups in total. The van der Waals surface area contributed by atoms with Crippen molar-refractivity contribution in [1.82, 2.24) is 0 Å². The van der Waals surface area contributed by atoms with Crippen LogP contribution >= 0.6 is 0 Å². The first-order chi connectivity index (χ1) is 11.6. The molecule has 0 saturated heterocycles. The molecule has 0 aromatic heterocycles. The first-order valence-electron chi connectivity index (χ1n) is 6.97. The van der Waals surface area contributed by atoms with E-state index in [1.807, 2.05) is 0 Å². The van der Waals surface area contributed by atoms with Gasteiger partial charge in [0.1, 0.15) is 11.5 Å². The standard InChI is InChI=1S/C16H12O9/c1-6(17)23-9-4-5-10(24-7(2)18)12-11(9)13(20)15(22)16(14(12)21)25-8(3)19/h4-5,16H,1-3H3. The van der Waals surface area contributed by atoms with Crippen LogP contribution < -0.4 is 9.47 Å². The molecular formula is C16H12O9. The van der Waals surface area contributed by atoms with Gasteiger partial charge in [-0.05, 0) is 12.1 Å². The van der Waals surface area contributed by atoms with Gasteiger partial charge in [0.25, 0.3) is 5.78 Å². The van der Waals surface area contributed by atoms with E-state index >= 15 is 0 Å². The molecule has 0 radical (unpaired) electrons. The minimum atomic E-state index is -1.99. The fourth-order valence-corrected chi connectivity index (χ4v) is 2.28. The number of ketones is 3. The maximum atomic E-state index is 12.6. The largest absolute Gasteiger partial charge is 0.445 e. The fraction of sp³-hybridized carbons (Fsp3) is 0.250. The van der Waals surface area contributed by atoms with Gasteiger partial charge >= 0.3 is 17.9 Å². The van der Waals surface area contributed by atoms with Crippen molar-refractivity contribution < 1.29 is 43.0 Å². The summed E-state index contributed by atoms with van der Waals surface area (Å²) in [5, 5.41) is 0. The lowest BCUT2D eigenvalue weighted by molar-refractivity contribution is -0.148. The molecule has 0 amide bonds. The van der Waals surface area contributed by atoms with Crippen LogP contribution in [0.15, 0.2) is 12.1 Å². The van der Waals surface area contributed by atoms with E-state index < -0.39 is 52.5 Å². The lowest BCUT2D eigenvalue weighted by Crippen LogP contribution is -2.44. The zero-order chi connectivity index (χ0) is 18.9. The third-order valence-electron chi connectivity index (χ3n) is 3.09. The molecule has 0 bridgehead atoms. The van der Waals surface area contributed by atoms with Crippen molar-refractivity contribution in [2.75, 3.05) is 0 Å². The lowest BCUT2D eigenvalue weighted by Gasteiger charge is -2.23. The molecular weight excluding hydrogens is 336 g/mol. The third-order valence-corrected chi connectivity index (χ3v) is 3.09. The van der Waals surface area contributed by atoms with Gasteiger partial charge in [0.05, 0.1) is 11.1 Å². The van der Waals surface area contributed by atoms with Crippen LogP contribution in [0.5, 0.6) is 11.5 Å². The number of benzene rings is 1. The molecule has 0 saturated carbocycles. The summed E-state index contributed by atoms with van der Waals surface area (Å²) in [6.45, 7) is 3.09. The fourth-order valence-electron chi connectivity index (χ4n) is 2.28. The third kappa shape index (κ3) is 3.44. The van der Waals surface area contributed by atoms with Crippen LogP contribution in [0.25, 0.3) is 0 Å². The number of carbonyl (C=O) groups is 6. The van der Waals surface area contributed by atoms with E-state index in [1.54, 1.807) is 0 Å². The van der Waals surface area contributed by atoms with E-state index in [9.17, 15) is 28.8 Å². The van der Waals surface area contributed by atoms with Crippen LogP contribution in [-0.4, -0.2) is 41.4 Å². The van der Waals surface area contributed by atoms with E-state index in [-0.39, 0.29) is 11.5 Å². The van der Waals surface area contributed by atoms with Gasteiger partial charge in [-0.25, -0.2) is 0 Å². The first kappa shape index (κ1) is 18.0. The molecule has 1 aliphatic rings. The summed E-state index contributed by atoms with van der Waals surface area (Å²) in [6.07, 6.45) is -1.99. The minimum absolute atomic E-state index is 0.318. The average molecular weight is 348 g/mol. The molecule has 0 fully saturated rings. The predicted octanol–water partition coefficient (Wildman–Crippen LogP) is 0.417. The van der Waals surface area contributed by atoms with Crippen LogP contribution in [0.2, 0.25) is 0 Å². The van der Waals surface area contributed by atoms with Gasteiger partial charge in [-0.1, -0.05) is 0 Å². The Labute approximate surface area is 140 Å². The van der Waals surface area contributed by atoms with E-state index in [0.717, 1.165) is 32.9 Å². The zero-order valence-electron chi connectivity index (χ0n) is 13.4. The summed E-state index contributed by atoms with van der Waals surface area (Å²) in [5.74, 6) is -6.74. The van der Waals surface area contributed by atoms with Gasteiger partial charge in [-0.15, -0.1) is 0 Å². The van der Waals surface area contributed by atoms with Crippen molar-refractivity contribution in [3.63, 3.8) is 0 Å². The van der Waals surface area contributed by atoms with Crippen molar-refractivity contribution in [3.05, 3.63) is 23.3 Å². The molecule has 1 unspecified atom stereocenters. The van der Waals surface area contributed by atoms with E-state index in [4.69, 9.17) is 9.47 Å². The number of hydrogen-bond acceptors (Lipinski definition) is 9. The molecule has 1 aliphatic carbocycles. The molecule has 1 aromatic carbocycles. The topological polar surface area (TPSA) is 130 Å². The number of rotatable bonds is 3. The summed E-state index contributed by atoms with van der Waals surface area (Å²) in [4.78, 5) is 70.6. The predicted molar refractivity (Wildman–Crippen MR) is 78.3 cm³/mol. The second-order valence-corrected chi connectivity index (χ2v) is 5.05. The highest BCUT2D eigenvalue weighted by molar-refractivity contribution is 6.54. The second kappa shape index (κ2) is 6.63. The van der Waals surface area contributed by atoms with Gasteiger partial charge in [0.2, 0.25) is 17.7 Å². The molecule has 9 heteroatoms. The number of hydrogen-bond donors (Lipinski definition) is 0. The Kier molecular flexibility index (Phi) is 4.77. The highest BCUT2D eigenvalue weighted by Crippen LogP contribution is 2.36. The van der Waals surface area contributed by atoms with Gasteiger partial charge in [0.15, 0.2) is 0 Å². The Balaban J connectivity index is 2.71. The zero-order valence-corrected chi connectivity index (χ0v) is 13.4. The van der Waals surface area contributed by atoms with E-state index in [1.165, 1.54) is 0 Å². The molecule has 9 nitrogen and oxygen atoms in total. The molecule has 1 aromatic rings. The van der Waals surface area contributed by atoms with Crippen molar-refractivity contribution >= 4 is 35.3 Å². The maximum Gasteiger partial charge on any atom is 0.308 e. The summed E-state index contributed by atoms with van der Waals surface area (Å²) in [5.41, 5.74) is -0.989. The molecule has 2 rings (SSSR count). The molecule has 1 atom stereocenters. The molecule has 130 valence electrons. The Bertz CT molecular complexity index is 834. The molecule has 0 heterocycles. The minimum Gasteiger partial charge on any atom is -0.445 e. The Hall–Kier alpha value is -3.36. The average Bonchev–Trinajstić information content (AvgIpc) is 2.49. The number of Topliss-reactive ketones (excluding diaryl/α,β-unsaturated/α-hetero) is 3. The summed E-state index contributed by atoms with van der Waals surface area (Å²) >= 11 is 0. The first-order valence-corrected chi connectivity index (χ1v) is 6.97. The van der Waals surface area contributed by atoms with Crippen LogP contribution in [-0.2, 0) is 23.9 Å². The SMILES string of the molecule is CC(=O)Oc1ccc(OC(C)=O)c2c1C(=O)C(=O)C(OC(C)=O)C2=O. The monoisotopic (exact) mass is 348 g/mol. The summed E-state index contributed by atoms with van der Waals surface area (Å²) in [7, 11) is 0. The van der Waals surface area contributed by atoms with Gasteiger partial charge in [-0.3, -0.25) is 28.8 Å². The summed E-state index contributed by atoms with van der Waals surface area (Å²) < 4.78 is 14.3. The number of esters is 3. The van der Waals surface area contributed by atoms with E-state index in [2.05, 4.69) is 4.74 Å². The lowest BCUT2D eigenvalue weighted by atomic mass is 9.85. The van der Waals surface area contributed by atoms with Gasteiger partial charge < -0.3 is 14.2 Å². The number of ether oxygens (including phenoxy) is 3. The van der Waals surface area contributed by atoms with Crippen molar-refractivity contribution in [3.8, 4) is 11.5 Å². The van der Waals surface area contributed by atoms with E-state index in [0.29, 0.717) is 0 Å². The highest BCUT2D eigenvalue weighted by Gasteiger charge is 2.46. The molecule has 0 aliphatic heterocycles. The van der Waals surface area contributed by atoms with Crippen LogP contribution in [0.4, 0.5) is 0 Å². The Morgan fingerprint density at radius 3 is 1.68 bits per heavy atom. The van der Waals surface area contributed by atoms with Crippen molar-refractivity contribution in [2.45, 2.75) is 26.9 Å². The Morgan fingerprint density at radius 2 is 1.24 bits per heavy atom. The Morgan fingerprint density at radius 1 is 0.760 bits per heavy atom. The smallest absolute Gasteiger partial charge is 0.308 e. The molecule has 0 spiro atoms. The molecule has 25 heavy (non-hydrogen) atoms. The van der Waals surface area contributed by atoms with Gasteiger partial charge in [0, 0.05) is 20.8 Å². The van der Waals surface area contributed by atoms with Crippen LogP contribution in [0, 0.1) is 0 Å². The van der Waals surface area contributed by atoms with Crippen LogP contribution in [0.1, 0.15) is 41.5 Å². The van der Waals surface area contributed by atoms with Gasteiger partial charge in [-0.2, -0.15) is 0 Å². The maximum absolute atomic E-state index is 12.6. The normalized spacial score (nSPS) is 16.1. The van der Waals surface area contributed by atoms with Crippen molar-refractivity contribution in [1.29, 1.82) is 0 Å².